The molecule has 0 atom stereocenters. The lowest BCUT2D eigenvalue weighted by atomic mass is 10.2. The number of rotatable bonds is 2. The predicted molar refractivity (Wildman–Crippen MR) is 71.6 cm³/mol. The molecule has 2 aromatic heterocycles. The van der Waals surface area contributed by atoms with Crippen molar-refractivity contribution in [2.45, 2.75) is 6.92 Å². The van der Waals surface area contributed by atoms with Crippen molar-refractivity contribution in [3.05, 3.63) is 59.6 Å². The standard InChI is InChI=1S/C14H12N2S/c1-11-10-16(12-6-3-2-4-7-12)15-14(11)13-8-5-9-17-13/h2-10H,1H3. The normalized spacial score (nSPS) is 10.6. The third-order valence-electron chi connectivity index (χ3n) is 2.67. The van der Waals surface area contributed by atoms with Gasteiger partial charge in [0.2, 0.25) is 0 Å². The highest BCUT2D eigenvalue weighted by Crippen LogP contribution is 2.26. The summed E-state index contributed by atoms with van der Waals surface area (Å²) >= 11 is 1.72. The molecule has 2 heterocycles. The van der Waals surface area contributed by atoms with Gasteiger partial charge in [0.1, 0.15) is 5.69 Å². The van der Waals surface area contributed by atoms with E-state index in [-0.39, 0.29) is 0 Å². The molecule has 1 aromatic carbocycles. The molecule has 0 bridgehead atoms. The number of nitrogens with zero attached hydrogens (tertiary/aromatic N) is 2. The number of hydrogen-bond donors (Lipinski definition) is 0. The first kappa shape index (κ1) is 10.3. The van der Waals surface area contributed by atoms with E-state index >= 15 is 0 Å². The van der Waals surface area contributed by atoms with Crippen LogP contribution in [-0.4, -0.2) is 9.78 Å². The van der Waals surface area contributed by atoms with Gasteiger partial charge in [-0.05, 0) is 36.1 Å². The van der Waals surface area contributed by atoms with Crippen molar-refractivity contribution in [3.8, 4) is 16.3 Å². The molecule has 0 saturated heterocycles. The zero-order chi connectivity index (χ0) is 11.7. The summed E-state index contributed by atoms with van der Waals surface area (Å²) in [5.41, 5.74) is 3.37. The lowest BCUT2D eigenvalue weighted by Crippen LogP contribution is -1.93. The van der Waals surface area contributed by atoms with Crippen LogP contribution in [0.15, 0.2) is 54.0 Å². The maximum atomic E-state index is 4.65. The molecule has 84 valence electrons. The van der Waals surface area contributed by atoms with E-state index < -0.39 is 0 Å². The van der Waals surface area contributed by atoms with Gasteiger partial charge in [-0.15, -0.1) is 11.3 Å². The molecule has 0 aliphatic heterocycles. The minimum Gasteiger partial charge on any atom is -0.240 e. The first-order valence-electron chi connectivity index (χ1n) is 5.50. The van der Waals surface area contributed by atoms with Gasteiger partial charge in [-0.25, -0.2) is 4.68 Å². The minimum atomic E-state index is 1.07. The molecule has 0 fully saturated rings. The second-order valence-electron chi connectivity index (χ2n) is 3.92. The summed E-state index contributed by atoms with van der Waals surface area (Å²) in [6.45, 7) is 2.10. The Labute approximate surface area is 104 Å². The Morgan fingerprint density at radius 3 is 2.59 bits per heavy atom. The van der Waals surface area contributed by atoms with Crippen molar-refractivity contribution in [1.82, 2.24) is 9.78 Å². The van der Waals surface area contributed by atoms with Crippen LogP contribution in [0, 0.1) is 6.92 Å². The van der Waals surface area contributed by atoms with Crippen molar-refractivity contribution in [2.75, 3.05) is 0 Å². The van der Waals surface area contributed by atoms with Crippen molar-refractivity contribution in [3.63, 3.8) is 0 Å². The summed E-state index contributed by atoms with van der Waals surface area (Å²) in [4.78, 5) is 1.22. The Balaban J connectivity index is 2.08. The third kappa shape index (κ3) is 1.89. The molecule has 0 aliphatic rings. The average Bonchev–Trinajstić information content (AvgIpc) is 2.99. The zero-order valence-electron chi connectivity index (χ0n) is 9.50. The van der Waals surface area contributed by atoms with Gasteiger partial charge >= 0.3 is 0 Å². The van der Waals surface area contributed by atoms with Crippen LogP contribution in [0.1, 0.15) is 5.56 Å². The van der Waals surface area contributed by atoms with Crippen LogP contribution in [0.25, 0.3) is 16.3 Å². The molecule has 3 rings (SSSR count). The summed E-state index contributed by atoms with van der Waals surface area (Å²) in [7, 11) is 0. The molecule has 2 nitrogen and oxygen atoms in total. The van der Waals surface area contributed by atoms with E-state index in [9.17, 15) is 0 Å². The Bertz CT molecular complexity index is 609. The Kier molecular flexibility index (Phi) is 2.53. The summed E-state index contributed by atoms with van der Waals surface area (Å²) in [5.74, 6) is 0. The summed E-state index contributed by atoms with van der Waals surface area (Å²) in [5, 5.41) is 6.73. The van der Waals surface area contributed by atoms with Crippen LogP contribution >= 0.6 is 11.3 Å². The minimum absolute atomic E-state index is 1.07. The van der Waals surface area contributed by atoms with Crippen LogP contribution in [0.5, 0.6) is 0 Å². The van der Waals surface area contributed by atoms with E-state index in [1.807, 2.05) is 22.9 Å². The third-order valence-corrected chi connectivity index (χ3v) is 3.55. The quantitative estimate of drug-likeness (QED) is 0.664. The van der Waals surface area contributed by atoms with Crippen LogP contribution in [0.3, 0.4) is 0 Å². The van der Waals surface area contributed by atoms with Gasteiger partial charge in [0.25, 0.3) is 0 Å². The lowest BCUT2D eigenvalue weighted by Gasteiger charge is -1.99. The highest BCUT2D eigenvalue weighted by atomic mass is 32.1. The number of para-hydroxylation sites is 1. The van der Waals surface area contributed by atoms with Gasteiger partial charge in [0, 0.05) is 6.20 Å². The molecule has 3 heteroatoms. The fraction of sp³-hybridized carbons (Fsp3) is 0.0714. The van der Waals surface area contributed by atoms with E-state index in [0.717, 1.165) is 11.4 Å². The Morgan fingerprint density at radius 1 is 1.06 bits per heavy atom. The van der Waals surface area contributed by atoms with E-state index in [0.29, 0.717) is 0 Å². The number of benzene rings is 1. The summed E-state index contributed by atoms with van der Waals surface area (Å²) in [6, 6.07) is 14.3. The molecular formula is C14H12N2S. The molecule has 0 amide bonds. The van der Waals surface area contributed by atoms with Crippen LogP contribution in [0.2, 0.25) is 0 Å². The highest BCUT2D eigenvalue weighted by molar-refractivity contribution is 7.13. The van der Waals surface area contributed by atoms with Gasteiger partial charge in [0.05, 0.1) is 10.6 Å². The number of hydrogen-bond acceptors (Lipinski definition) is 2. The summed E-state index contributed by atoms with van der Waals surface area (Å²) in [6.07, 6.45) is 2.07. The monoisotopic (exact) mass is 240 g/mol. The molecule has 17 heavy (non-hydrogen) atoms. The van der Waals surface area contributed by atoms with E-state index in [4.69, 9.17) is 0 Å². The van der Waals surface area contributed by atoms with Crippen molar-refractivity contribution in [1.29, 1.82) is 0 Å². The second kappa shape index (κ2) is 4.18. The van der Waals surface area contributed by atoms with E-state index in [1.54, 1.807) is 11.3 Å². The molecule has 0 radical (unpaired) electrons. The van der Waals surface area contributed by atoms with Crippen molar-refractivity contribution in [2.24, 2.45) is 0 Å². The van der Waals surface area contributed by atoms with Crippen molar-refractivity contribution < 1.29 is 0 Å². The van der Waals surface area contributed by atoms with Gasteiger partial charge in [0.15, 0.2) is 0 Å². The van der Waals surface area contributed by atoms with Crippen molar-refractivity contribution >= 4 is 11.3 Å². The maximum absolute atomic E-state index is 4.65. The van der Waals surface area contributed by atoms with Gasteiger partial charge in [-0.1, -0.05) is 24.3 Å². The molecule has 0 aliphatic carbocycles. The Hall–Kier alpha value is -1.87. The topological polar surface area (TPSA) is 17.8 Å². The smallest absolute Gasteiger partial charge is 0.106 e. The molecule has 0 N–H and O–H groups in total. The van der Waals surface area contributed by atoms with Gasteiger partial charge < -0.3 is 0 Å². The average molecular weight is 240 g/mol. The SMILES string of the molecule is Cc1cn(-c2ccccc2)nc1-c1cccs1. The van der Waals surface area contributed by atoms with E-state index in [1.165, 1.54) is 10.4 Å². The van der Waals surface area contributed by atoms with Crippen LogP contribution < -0.4 is 0 Å². The fourth-order valence-corrected chi connectivity index (χ4v) is 2.60. The molecular weight excluding hydrogens is 228 g/mol. The first-order chi connectivity index (χ1) is 8.34. The van der Waals surface area contributed by atoms with Crippen LogP contribution in [0.4, 0.5) is 0 Å². The lowest BCUT2D eigenvalue weighted by molar-refractivity contribution is 0.885. The van der Waals surface area contributed by atoms with Gasteiger partial charge in [-0.2, -0.15) is 5.10 Å². The second-order valence-corrected chi connectivity index (χ2v) is 4.87. The highest BCUT2D eigenvalue weighted by Gasteiger charge is 2.08. The van der Waals surface area contributed by atoms with E-state index in [2.05, 4.69) is 47.9 Å². The summed E-state index contributed by atoms with van der Waals surface area (Å²) < 4.78 is 1.93. The molecule has 0 spiro atoms. The number of aromatic nitrogens is 2. The van der Waals surface area contributed by atoms with Crippen LogP contribution in [-0.2, 0) is 0 Å². The molecule has 3 aromatic rings. The van der Waals surface area contributed by atoms with Gasteiger partial charge in [-0.3, -0.25) is 0 Å². The number of aryl methyl sites for hydroxylation is 1. The Morgan fingerprint density at radius 2 is 1.88 bits per heavy atom. The zero-order valence-corrected chi connectivity index (χ0v) is 10.3. The maximum Gasteiger partial charge on any atom is 0.106 e. The molecule has 0 unspecified atom stereocenters. The predicted octanol–water partition coefficient (Wildman–Crippen LogP) is 3.91. The molecule has 0 saturated carbocycles. The first-order valence-corrected chi connectivity index (χ1v) is 6.38. The fourth-order valence-electron chi connectivity index (χ4n) is 1.83. The largest absolute Gasteiger partial charge is 0.240 e. The number of thiophene rings is 1.